The van der Waals surface area contributed by atoms with E-state index in [1.807, 2.05) is 33.0 Å². The minimum Gasteiger partial charge on any atom is -0.309 e. The van der Waals surface area contributed by atoms with Crippen molar-refractivity contribution in [2.75, 3.05) is 7.05 Å². The van der Waals surface area contributed by atoms with E-state index in [0.29, 0.717) is 11.1 Å². The van der Waals surface area contributed by atoms with Gasteiger partial charge in [0, 0.05) is 4.88 Å². The van der Waals surface area contributed by atoms with E-state index in [9.17, 15) is 4.39 Å². The number of benzene rings is 1. The molecule has 0 radical (unpaired) electrons. The second-order valence-electron chi connectivity index (χ2n) is 4.66. The molecule has 0 saturated heterocycles. The number of hydrogen-bond donors (Lipinski definition) is 1. The maximum absolute atomic E-state index is 13.7. The molecule has 96 valence electrons. The third-order valence-corrected chi connectivity index (χ3v) is 4.33. The summed E-state index contributed by atoms with van der Waals surface area (Å²) in [5, 5.41) is 5.42. The van der Waals surface area contributed by atoms with Crippen molar-refractivity contribution in [2.45, 2.75) is 26.8 Å². The predicted octanol–water partition coefficient (Wildman–Crippen LogP) is 4.12. The molecule has 0 aliphatic carbocycles. The van der Waals surface area contributed by atoms with E-state index in [1.165, 1.54) is 10.4 Å². The summed E-state index contributed by atoms with van der Waals surface area (Å²) in [5.74, 6) is -0.100. The van der Waals surface area contributed by atoms with Crippen LogP contribution in [-0.2, 0) is 0 Å². The smallest absolute Gasteiger partial charge is 0.129 e. The Kier molecular flexibility index (Phi) is 3.83. The van der Waals surface area contributed by atoms with Gasteiger partial charge in [-0.1, -0.05) is 12.1 Å². The average molecular weight is 263 g/mol. The molecule has 1 unspecified atom stereocenters. The SMILES string of the molecule is CNC(c1cc(C)c(F)c(C)c1)c1sccc1C. The number of thiophene rings is 1. The molecular weight excluding hydrogens is 245 g/mol. The van der Waals surface area contributed by atoms with Crippen LogP contribution in [0.15, 0.2) is 23.6 Å². The molecule has 1 nitrogen and oxygen atoms in total. The largest absolute Gasteiger partial charge is 0.309 e. The topological polar surface area (TPSA) is 12.0 Å². The summed E-state index contributed by atoms with van der Waals surface area (Å²) < 4.78 is 13.7. The minimum absolute atomic E-state index is 0.100. The standard InChI is InChI=1S/C15H18FNS/c1-9-5-6-18-15(9)14(17-4)12-7-10(2)13(16)11(3)8-12/h5-8,14,17H,1-4H3. The van der Waals surface area contributed by atoms with E-state index >= 15 is 0 Å². The second kappa shape index (κ2) is 5.21. The van der Waals surface area contributed by atoms with Crippen LogP contribution in [0.1, 0.15) is 33.2 Å². The summed E-state index contributed by atoms with van der Waals surface area (Å²) in [7, 11) is 1.94. The summed E-state index contributed by atoms with van der Waals surface area (Å²) in [6.07, 6.45) is 0. The van der Waals surface area contributed by atoms with E-state index in [0.717, 1.165) is 5.56 Å². The molecule has 1 aromatic carbocycles. The van der Waals surface area contributed by atoms with E-state index in [2.05, 4.69) is 23.7 Å². The second-order valence-corrected chi connectivity index (χ2v) is 5.61. The third kappa shape index (κ3) is 2.33. The predicted molar refractivity (Wildman–Crippen MR) is 75.8 cm³/mol. The van der Waals surface area contributed by atoms with Gasteiger partial charge in [0.05, 0.1) is 6.04 Å². The number of aryl methyl sites for hydroxylation is 3. The molecular formula is C15H18FNS. The summed E-state index contributed by atoms with van der Waals surface area (Å²) in [6.45, 7) is 5.75. The van der Waals surface area contributed by atoms with Crippen molar-refractivity contribution < 1.29 is 4.39 Å². The highest BCUT2D eigenvalue weighted by Crippen LogP contribution is 2.30. The molecule has 3 heteroatoms. The Bertz CT molecular complexity index is 536. The molecule has 0 bridgehead atoms. The van der Waals surface area contributed by atoms with Crippen molar-refractivity contribution in [3.05, 3.63) is 56.5 Å². The first-order chi connectivity index (χ1) is 8.54. The van der Waals surface area contributed by atoms with E-state index < -0.39 is 0 Å². The van der Waals surface area contributed by atoms with Crippen molar-refractivity contribution in [3.63, 3.8) is 0 Å². The molecule has 0 aliphatic rings. The van der Waals surface area contributed by atoms with E-state index in [4.69, 9.17) is 0 Å². The van der Waals surface area contributed by atoms with Gasteiger partial charge in [-0.2, -0.15) is 0 Å². The Morgan fingerprint density at radius 2 is 1.72 bits per heavy atom. The van der Waals surface area contributed by atoms with Crippen molar-refractivity contribution in [1.82, 2.24) is 5.32 Å². The number of halogens is 1. The lowest BCUT2D eigenvalue weighted by molar-refractivity contribution is 0.605. The molecule has 2 rings (SSSR count). The highest BCUT2D eigenvalue weighted by atomic mass is 32.1. The lowest BCUT2D eigenvalue weighted by atomic mass is 9.98. The average Bonchev–Trinajstić information content (AvgIpc) is 2.74. The number of rotatable bonds is 3. The molecule has 0 fully saturated rings. The number of hydrogen-bond acceptors (Lipinski definition) is 2. The molecule has 2 aromatic rings. The lowest BCUT2D eigenvalue weighted by Crippen LogP contribution is -2.17. The van der Waals surface area contributed by atoms with Gasteiger partial charge in [0.2, 0.25) is 0 Å². The zero-order valence-corrected chi connectivity index (χ0v) is 12.0. The molecule has 1 atom stereocenters. The molecule has 0 aliphatic heterocycles. The van der Waals surface area contributed by atoms with Crippen LogP contribution in [0.5, 0.6) is 0 Å². The van der Waals surface area contributed by atoms with Crippen LogP contribution >= 0.6 is 11.3 Å². The van der Waals surface area contributed by atoms with E-state index in [-0.39, 0.29) is 11.9 Å². The van der Waals surface area contributed by atoms with Gasteiger partial charge in [-0.15, -0.1) is 11.3 Å². The molecule has 0 spiro atoms. The Morgan fingerprint density at radius 3 is 2.17 bits per heavy atom. The van der Waals surface area contributed by atoms with Crippen LogP contribution < -0.4 is 5.32 Å². The van der Waals surface area contributed by atoms with Gasteiger partial charge < -0.3 is 5.32 Å². The van der Waals surface area contributed by atoms with Crippen molar-refractivity contribution in [3.8, 4) is 0 Å². The first kappa shape index (κ1) is 13.2. The van der Waals surface area contributed by atoms with Gasteiger partial charge in [0.25, 0.3) is 0 Å². The van der Waals surface area contributed by atoms with Gasteiger partial charge in [-0.25, -0.2) is 4.39 Å². The monoisotopic (exact) mass is 263 g/mol. The van der Waals surface area contributed by atoms with Gasteiger partial charge in [-0.05, 0) is 61.5 Å². The third-order valence-electron chi connectivity index (χ3n) is 3.24. The first-order valence-electron chi connectivity index (χ1n) is 6.02. The van der Waals surface area contributed by atoms with Crippen molar-refractivity contribution in [1.29, 1.82) is 0 Å². The van der Waals surface area contributed by atoms with Crippen LogP contribution in [0.4, 0.5) is 4.39 Å². The summed E-state index contributed by atoms with van der Waals surface area (Å²) in [4.78, 5) is 1.29. The van der Waals surface area contributed by atoms with Crippen molar-refractivity contribution in [2.24, 2.45) is 0 Å². The van der Waals surface area contributed by atoms with Crippen LogP contribution in [0.3, 0.4) is 0 Å². The van der Waals surface area contributed by atoms with Gasteiger partial charge in [-0.3, -0.25) is 0 Å². The fraction of sp³-hybridized carbons (Fsp3) is 0.333. The first-order valence-corrected chi connectivity index (χ1v) is 6.90. The van der Waals surface area contributed by atoms with Crippen LogP contribution in [0.25, 0.3) is 0 Å². The van der Waals surface area contributed by atoms with Gasteiger partial charge in [0.1, 0.15) is 5.82 Å². The molecule has 0 saturated carbocycles. The maximum atomic E-state index is 13.7. The van der Waals surface area contributed by atoms with Crippen LogP contribution in [0, 0.1) is 26.6 Å². The molecule has 0 amide bonds. The number of nitrogens with one attached hydrogen (secondary N) is 1. The van der Waals surface area contributed by atoms with E-state index in [1.54, 1.807) is 11.3 Å². The molecule has 18 heavy (non-hydrogen) atoms. The van der Waals surface area contributed by atoms with Gasteiger partial charge >= 0.3 is 0 Å². The fourth-order valence-electron chi connectivity index (χ4n) is 2.28. The van der Waals surface area contributed by atoms with Crippen molar-refractivity contribution >= 4 is 11.3 Å². The quantitative estimate of drug-likeness (QED) is 0.878. The highest BCUT2D eigenvalue weighted by molar-refractivity contribution is 7.10. The maximum Gasteiger partial charge on any atom is 0.129 e. The summed E-state index contributed by atoms with van der Waals surface area (Å²) in [5.41, 5.74) is 3.82. The Labute approximate surface area is 112 Å². The minimum atomic E-state index is -0.100. The zero-order valence-electron chi connectivity index (χ0n) is 11.2. The zero-order chi connectivity index (χ0) is 13.3. The molecule has 1 heterocycles. The molecule has 1 aromatic heterocycles. The Morgan fingerprint density at radius 1 is 1.11 bits per heavy atom. The van der Waals surface area contributed by atoms with Gasteiger partial charge in [0.15, 0.2) is 0 Å². The molecule has 1 N–H and O–H groups in total. The fourth-order valence-corrected chi connectivity index (χ4v) is 3.34. The Hall–Kier alpha value is -1.19. The summed E-state index contributed by atoms with van der Waals surface area (Å²) in [6, 6.07) is 6.13. The van der Waals surface area contributed by atoms with Crippen LogP contribution in [0.2, 0.25) is 0 Å². The Balaban J connectivity index is 2.49. The van der Waals surface area contributed by atoms with Crippen LogP contribution in [-0.4, -0.2) is 7.05 Å². The summed E-state index contributed by atoms with van der Waals surface area (Å²) >= 11 is 1.74. The normalized spacial score (nSPS) is 12.7. The lowest BCUT2D eigenvalue weighted by Gasteiger charge is -2.18. The highest BCUT2D eigenvalue weighted by Gasteiger charge is 2.17.